The Bertz CT molecular complexity index is 446. The van der Waals surface area contributed by atoms with Gasteiger partial charge in [-0.3, -0.25) is 4.79 Å². The molecule has 0 amide bonds. The van der Waals surface area contributed by atoms with E-state index in [0.717, 1.165) is 30.2 Å². The fourth-order valence-electron chi connectivity index (χ4n) is 3.56. The maximum Gasteiger partial charge on any atom is 0.175 e. The standard InChI is InChI=1S/C15H21Br3O/c1-13(2)7-9(8-16)15(4,18)10-5-6-14(3,17)12(19)11(10)13/h9H,5-8H2,1-4H3/t9-,14-,15+/m0/s1. The molecule has 0 fully saturated rings. The highest BCUT2D eigenvalue weighted by Gasteiger charge is 2.53. The summed E-state index contributed by atoms with van der Waals surface area (Å²) in [5.74, 6) is 0.811. The minimum absolute atomic E-state index is 0.0341. The Morgan fingerprint density at radius 3 is 2.32 bits per heavy atom. The van der Waals surface area contributed by atoms with Gasteiger partial charge < -0.3 is 0 Å². The normalized spacial score (nSPS) is 42.3. The Morgan fingerprint density at radius 2 is 1.79 bits per heavy atom. The van der Waals surface area contributed by atoms with Crippen LogP contribution in [0.3, 0.4) is 0 Å². The summed E-state index contributed by atoms with van der Waals surface area (Å²) in [7, 11) is 0. The molecule has 0 aliphatic heterocycles. The molecule has 2 aliphatic rings. The molecule has 4 heteroatoms. The Kier molecular flexibility index (Phi) is 4.22. The molecular weight excluding hydrogens is 436 g/mol. The fourth-order valence-corrected chi connectivity index (χ4v) is 5.98. The van der Waals surface area contributed by atoms with E-state index in [-0.39, 0.29) is 19.8 Å². The van der Waals surface area contributed by atoms with Gasteiger partial charge in [0.2, 0.25) is 0 Å². The third-order valence-corrected chi connectivity index (χ3v) is 7.49. The van der Waals surface area contributed by atoms with Crippen LogP contribution in [0.15, 0.2) is 11.1 Å². The number of ketones is 1. The molecule has 0 aromatic carbocycles. The third kappa shape index (κ3) is 2.55. The van der Waals surface area contributed by atoms with Gasteiger partial charge in [-0.05, 0) is 50.0 Å². The van der Waals surface area contributed by atoms with Crippen LogP contribution in [0.5, 0.6) is 0 Å². The maximum absolute atomic E-state index is 12.8. The highest BCUT2D eigenvalue weighted by Crippen LogP contribution is 2.57. The molecule has 0 unspecified atom stereocenters. The molecule has 1 nitrogen and oxygen atoms in total. The zero-order valence-corrected chi connectivity index (χ0v) is 16.7. The van der Waals surface area contributed by atoms with Crippen molar-refractivity contribution in [1.82, 2.24) is 0 Å². The van der Waals surface area contributed by atoms with Gasteiger partial charge in [0.25, 0.3) is 0 Å². The van der Waals surface area contributed by atoms with Gasteiger partial charge in [0, 0.05) is 15.2 Å². The SMILES string of the molecule is CC1(C)C[C@@H](CBr)[C@@](C)(Br)C2=C1C(=O)[C@@](C)(Br)CC2. The van der Waals surface area contributed by atoms with E-state index in [1.54, 1.807) is 0 Å². The number of carbonyl (C=O) groups excluding carboxylic acids is 1. The van der Waals surface area contributed by atoms with Crippen molar-refractivity contribution < 1.29 is 4.79 Å². The smallest absolute Gasteiger partial charge is 0.175 e. The molecule has 0 bridgehead atoms. The van der Waals surface area contributed by atoms with Crippen LogP contribution in [-0.4, -0.2) is 19.8 Å². The van der Waals surface area contributed by atoms with Crippen LogP contribution in [0, 0.1) is 11.3 Å². The number of halogens is 3. The average molecular weight is 457 g/mol. The Labute approximate surface area is 141 Å². The van der Waals surface area contributed by atoms with E-state index in [1.165, 1.54) is 5.57 Å². The lowest BCUT2D eigenvalue weighted by molar-refractivity contribution is -0.119. The van der Waals surface area contributed by atoms with Gasteiger partial charge in [0.05, 0.1) is 4.32 Å². The first-order valence-electron chi connectivity index (χ1n) is 6.77. The number of hydrogen-bond donors (Lipinski definition) is 0. The molecule has 19 heavy (non-hydrogen) atoms. The van der Waals surface area contributed by atoms with Gasteiger partial charge in [-0.2, -0.15) is 0 Å². The summed E-state index contributed by atoms with van der Waals surface area (Å²) in [6, 6.07) is 0. The van der Waals surface area contributed by atoms with Crippen LogP contribution in [0.25, 0.3) is 0 Å². The predicted octanol–water partition coefficient (Wildman–Crippen LogP) is 5.39. The van der Waals surface area contributed by atoms with Crippen molar-refractivity contribution in [3.8, 4) is 0 Å². The molecule has 0 heterocycles. The van der Waals surface area contributed by atoms with Crippen LogP contribution in [0.2, 0.25) is 0 Å². The molecule has 0 spiro atoms. The van der Waals surface area contributed by atoms with E-state index in [0.29, 0.717) is 5.92 Å². The molecule has 2 rings (SSSR count). The van der Waals surface area contributed by atoms with Crippen molar-refractivity contribution in [1.29, 1.82) is 0 Å². The van der Waals surface area contributed by atoms with Crippen LogP contribution in [-0.2, 0) is 4.79 Å². The van der Waals surface area contributed by atoms with Crippen molar-refractivity contribution in [3.63, 3.8) is 0 Å². The maximum atomic E-state index is 12.8. The van der Waals surface area contributed by atoms with E-state index in [1.807, 2.05) is 6.92 Å². The Balaban J connectivity index is 2.61. The molecular formula is C15H21Br3O. The van der Waals surface area contributed by atoms with Gasteiger partial charge >= 0.3 is 0 Å². The van der Waals surface area contributed by atoms with Gasteiger partial charge in [0.1, 0.15) is 0 Å². The summed E-state index contributed by atoms with van der Waals surface area (Å²) in [6.45, 7) is 8.67. The summed E-state index contributed by atoms with van der Waals surface area (Å²) in [6.07, 6.45) is 2.92. The van der Waals surface area contributed by atoms with Gasteiger partial charge in [-0.15, -0.1) is 0 Å². The van der Waals surface area contributed by atoms with Crippen LogP contribution in [0.1, 0.15) is 47.0 Å². The lowest BCUT2D eigenvalue weighted by atomic mass is 9.59. The first kappa shape index (κ1) is 16.2. The largest absolute Gasteiger partial charge is 0.293 e. The topological polar surface area (TPSA) is 17.1 Å². The van der Waals surface area contributed by atoms with Crippen molar-refractivity contribution in [2.45, 2.75) is 55.6 Å². The van der Waals surface area contributed by atoms with Crippen LogP contribution >= 0.6 is 47.8 Å². The van der Waals surface area contributed by atoms with Crippen LogP contribution in [0.4, 0.5) is 0 Å². The first-order valence-corrected chi connectivity index (χ1v) is 9.47. The van der Waals surface area contributed by atoms with E-state index >= 15 is 0 Å². The van der Waals surface area contributed by atoms with Crippen molar-refractivity contribution in [2.75, 3.05) is 5.33 Å². The minimum Gasteiger partial charge on any atom is -0.293 e. The number of allylic oxidation sites excluding steroid dienone is 2. The minimum atomic E-state index is -0.382. The molecule has 108 valence electrons. The van der Waals surface area contributed by atoms with Crippen molar-refractivity contribution in [3.05, 3.63) is 11.1 Å². The van der Waals surface area contributed by atoms with Crippen molar-refractivity contribution >= 4 is 53.6 Å². The van der Waals surface area contributed by atoms with E-state index in [2.05, 4.69) is 68.6 Å². The number of alkyl halides is 3. The third-order valence-electron chi connectivity index (χ3n) is 4.82. The van der Waals surface area contributed by atoms with Gasteiger partial charge in [0.15, 0.2) is 5.78 Å². The second-order valence-electron chi connectivity index (χ2n) is 6.89. The Morgan fingerprint density at radius 1 is 1.21 bits per heavy atom. The molecule has 2 aliphatic carbocycles. The molecule has 3 atom stereocenters. The molecule has 0 N–H and O–H groups in total. The number of hydrogen-bond acceptors (Lipinski definition) is 1. The summed E-state index contributed by atoms with van der Waals surface area (Å²) >= 11 is 11.2. The predicted molar refractivity (Wildman–Crippen MR) is 91.6 cm³/mol. The number of carbonyl (C=O) groups is 1. The monoisotopic (exact) mass is 454 g/mol. The Hall–Kier alpha value is 0.850. The lowest BCUT2D eigenvalue weighted by Crippen LogP contribution is -2.49. The molecule has 0 aromatic heterocycles. The second-order valence-corrected chi connectivity index (χ2v) is 10.9. The quantitative estimate of drug-likeness (QED) is 0.483. The highest BCUT2D eigenvalue weighted by atomic mass is 79.9. The molecule has 0 saturated heterocycles. The second kappa shape index (κ2) is 4.95. The molecule has 0 saturated carbocycles. The lowest BCUT2D eigenvalue weighted by Gasteiger charge is -2.50. The van der Waals surface area contributed by atoms with E-state index in [4.69, 9.17) is 0 Å². The zero-order valence-electron chi connectivity index (χ0n) is 11.9. The summed E-state index contributed by atoms with van der Waals surface area (Å²) in [4.78, 5) is 12.8. The van der Waals surface area contributed by atoms with Crippen LogP contribution < -0.4 is 0 Å². The van der Waals surface area contributed by atoms with Gasteiger partial charge in [-0.1, -0.05) is 61.6 Å². The van der Waals surface area contributed by atoms with E-state index in [9.17, 15) is 4.79 Å². The van der Waals surface area contributed by atoms with Gasteiger partial charge in [-0.25, -0.2) is 0 Å². The molecule has 0 radical (unpaired) electrons. The highest BCUT2D eigenvalue weighted by molar-refractivity contribution is 9.10. The number of rotatable bonds is 1. The molecule has 0 aromatic rings. The first-order chi connectivity index (χ1) is 8.54. The summed E-state index contributed by atoms with van der Waals surface area (Å²) in [5.41, 5.74) is 2.36. The summed E-state index contributed by atoms with van der Waals surface area (Å²) in [5, 5.41) is 0.967. The average Bonchev–Trinajstić information content (AvgIpc) is 2.27. The fraction of sp³-hybridized carbons (Fsp3) is 0.800. The van der Waals surface area contributed by atoms with E-state index < -0.39 is 0 Å². The zero-order chi connectivity index (χ0) is 14.6. The summed E-state index contributed by atoms with van der Waals surface area (Å²) < 4.78 is -0.437. The number of Topliss-reactive ketones (excluding diaryl/α,β-unsaturated/α-hetero) is 1. The van der Waals surface area contributed by atoms with Crippen molar-refractivity contribution in [2.24, 2.45) is 11.3 Å².